The van der Waals surface area contributed by atoms with Crippen molar-refractivity contribution < 1.29 is 14.6 Å². The molecule has 1 aromatic rings. The van der Waals surface area contributed by atoms with E-state index in [1.807, 2.05) is 20.8 Å². The SMILES string of the molecule is CC(C)Oc1c([N+](=O)[O-])cc(C(C)(C)C)cc1[N+](=O)[O-]. The molecule has 0 radical (unpaired) electrons. The molecule has 0 fully saturated rings. The molecule has 0 saturated carbocycles. The van der Waals surface area contributed by atoms with Crippen LogP contribution in [0, 0.1) is 20.2 Å². The molecule has 0 aliphatic heterocycles. The summed E-state index contributed by atoms with van der Waals surface area (Å²) in [5.41, 5.74) is -0.672. The van der Waals surface area contributed by atoms with Crippen LogP contribution in [-0.2, 0) is 5.41 Å². The molecular weight excluding hydrogens is 264 g/mol. The maximum Gasteiger partial charge on any atom is 0.318 e. The maximum absolute atomic E-state index is 11.2. The molecule has 1 rings (SSSR count). The van der Waals surface area contributed by atoms with Gasteiger partial charge >= 0.3 is 11.4 Å². The average molecular weight is 282 g/mol. The molecule has 0 spiro atoms. The first-order valence-corrected chi connectivity index (χ1v) is 6.18. The van der Waals surface area contributed by atoms with Gasteiger partial charge in [-0.15, -0.1) is 0 Å². The summed E-state index contributed by atoms with van der Waals surface area (Å²) in [6, 6.07) is 2.68. The van der Waals surface area contributed by atoms with Gasteiger partial charge < -0.3 is 4.74 Å². The van der Waals surface area contributed by atoms with E-state index in [2.05, 4.69) is 0 Å². The van der Waals surface area contributed by atoms with Gasteiger partial charge in [0.15, 0.2) is 0 Å². The van der Waals surface area contributed by atoms with Crippen LogP contribution in [0.3, 0.4) is 0 Å². The smallest absolute Gasteiger partial charge is 0.318 e. The second kappa shape index (κ2) is 5.44. The van der Waals surface area contributed by atoms with Gasteiger partial charge in [-0.2, -0.15) is 0 Å². The van der Waals surface area contributed by atoms with Gasteiger partial charge in [-0.3, -0.25) is 20.2 Å². The number of rotatable bonds is 4. The summed E-state index contributed by atoms with van der Waals surface area (Å²) in [6.07, 6.45) is -0.395. The van der Waals surface area contributed by atoms with E-state index in [1.54, 1.807) is 13.8 Å². The van der Waals surface area contributed by atoms with Crippen molar-refractivity contribution in [3.63, 3.8) is 0 Å². The van der Waals surface area contributed by atoms with E-state index in [0.29, 0.717) is 5.56 Å². The van der Waals surface area contributed by atoms with E-state index in [4.69, 9.17) is 4.74 Å². The molecule has 20 heavy (non-hydrogen) atoms. The molecule has 0 bridgehead atoms. The van der Waals surface area contributed by atoms with Gasteiger partial charge in [0.05, 0.1) is 16.0 Å². The third-order valence-electron chi connectivity index (χ3n) is 2.66. The first-order chi connectivity index (χ1) is 9.04. The van der Waals surface area contributed by atoms with Crippen molar-refractivity contribution in [2.75, 3.05) is 0 Å². The maximum atomic E-state index is 11.2. The Balaban J connectivity index is 3.63. The van der Waals surface area contributed by atoms with Crippen molar-refractivity contribution in [1.82, 2.24) is 0 Å². The molecule has 0 aliphatic carbocycles. The molecule has 0 atom stereocenters. The van der Waals surface area contributed by atoms with Gasteiger partial charge in [0.1, 0.15) is 0 Å². The highest BCUT2D eigenvalue weighted by Gasteiger charge is 2.31. The molecule has 1 aromatic carbocycles. The lowest BCUT2D eigenvalue weighted by Gasteiger charge is -2.19. The molecule has 0 amide bonds. The van der Waals surface area contributed by atoms with E-state index in [1.165, 1.54) is 12.1 Å². The second-order valence-electron chi connectivity index (χ2n) is 5.77. The summed E-state index contributed by atoms with van der Waals surface area (Å²) in [5.74, 6) is -0.289. The third-order valence-corrected chi connectivity index (χ3v) is 2.66. The van der Waals surface area contributed by atoms with Crippen LogP contribution < -0.4 is 4.74 Å². The Bertz CT molecular complexity index is 511. The van der Waals surface area contributed by atoms with Gasteiger partial charge in [0, 0.05) is 12.1 Å². The highest BCUT2D eigenvalue weighted by molar-refractivity contribution is 5.63. The number of ether oxygens (including phenoxy) is 1. The van der Waals surface area contributed by atoms with Crippen LogP contribution in [-0.4, -0.2) is 16.0 Å². The summed E-state index contributed by atoms with van der Waals surface area (Å²) in [5, 5.41) is 22.3. The lowest BCUT2D eigenvalue weighted by atomic mass is 9.86. The fraction of sp³-hybridized carbons (Fsp3) is 0.538. The van der Waals surface area contributed by atoms with Crippen molar-refractivity contribution >= 4 is 11.4 Å². The number of nitrogens with zero attached hydrogens (tertiary/aromatic N) is 2. The Hall–Kier alpha value is -2.18. The van der Waals surface area contributed by atoms with Crippen molar-refractivity contribution in [3.05, 3.63) is 37.9 Å². The van der Waals surface area contributed by atoms with E-state index in [0.717, 1.165) is 0 Å². The first-order valence-electron chi connectivity index (χ1n) is 6.18. The zero-order chi connectivity index (χ0) is 15.7. The number of benzene rings is 1. The number of nitro benzene ring substituents is 2. The Morgan fingerprint density at radius 2 is 1.45 bits per heavy atom. The van der Waals surface area contributed by atoms with Gasteiger partial charge in [0.25, 0.3) is 5.75 Å². The molecule has 0 N–H and O–H groups in total. The Morgan fingerprint density at radius 3 is 1.70 bits per heavy atom. The monoisotopic (exact) mass is 282 g/mol. The lowest BCUT2D eigenvalue weighted by Crippen LogP contribution is -2.14. The van der Waals surface area contributed by atoms with E-state index < -0.39 is 21.4 Å². The minimum atomic E-state index is -0.653. The van der Waals surface area contributed by atoms with Gasteiger partial charge in [-0.25, -0.2) is 0 Å². The molecule has 0 aromatic heterocycles. The van der Waals surface area contributed by atoms with Crippen molar-refractivity contribution in [2.45, 2.75) is 46.1 Å². The fourth-order valence-corrected chi connectivity index (χ4v) is 1.66. The molecule has 0 saturated heterocycles. The Kier molecular flexibility index (Phi) is 4.32. The molecule has 0 heterocycles. The minimum absolute atomic E-state index is 0.289. The summed E-state index contributed by atoms with van der Waals surface area (Å²) in [4.78, 5) is 21.0. The van der Waals surface area contributed by atoms with Gasteiger partial charge in [-0.1, -0.05) is 20.8 Å². The number of hydrogen-bond donors (Lipinski definition) is 0. The molecular formula is C13H18N2O5. The lowest BCUT2D eigenvalue weighted by molar-refractivity contribution is -0.396. The quantitative estimate of drug-likeness (QED) is 0.621. The van der Waals surface area contributed by atoms with E-state index >= 15 is 0 Å². The third kappa shape index (κ3) is 3.43. The second-order valence-corrected chi connectivity index (χ2v) is 5.77. The van der Waals surface area contributed by atoms with E-state index in [-0.39, 0.29) is 17.1 Å². The first kappa shape index (κ1) is 15.9. The van der Waals surface area contributed by atoms with Crippen molar-refractivity contribution in [3.8, 4) is 5.75 Å². The van der Waals surface area contributed by atoms with Crippen molar-refractivity contribution in [1.29, 1.82) is 0 Å². The van der Waals surface area contributed by atoms with Crippen LogP contribution in [0.1, 0.15) is 40.2 Å². The van der Waals surface area contributed by atoms with Crippen LogP contribution in [0.25, 0.3) is 0 Å². The van der Waals surface area contributed by atoms with Crippen LogP contribution in [0.15, 0.2) is 12.1 Å². The predicted octanol–water partition coefficient (Wildman–Crippen LogP) is 3.59. The molecule has 7 nitrogen and oxygen atoms in total. The predicted molar refractivity (Wildman–Crippen MR) is 74.2 cm³/mol. The van der Waals surface area contributed by atoms with Crippen molar-refractivity contribution in [2.24, 2.45) is 0 Å². The van der Waals surface area contributed by atoms with Gasteiger partial charge in [0.2, 0.25) is 0 Å². The standard InChI is InChI=1S/C13H18N2O5/c1-8(2)20-12-10(14(16)17)6-9(13(3,4)5)7-11(12)15(18)19/h6-8H,1-5H3. The summed E-state index contributed by atoms with van der Waals surface area (Å²) in [7, 11) is 0. The zero-order valence-electron chi connectivity index (χ0n) is 12.2. The van der Waals surface area contributed by atoms with Crippen LogP contribution in [0.5, 0.6) is 5.75 Å². The number of nitro groups is 2. The normalized spacial score (nSPS) is 11.5. The highest BCUT2D eigenvalue weighted by Crippen LogP contribution is 2.41. The largest absolute Gasteiger partial charge is 0.479 e. The highest BCUT2D eigenvalue weighted by atomic mass is 16.6. The Labute approximate surface area is 116 Å². The topological polar surface area (TPSA) is 95.5 Å². The average Bonchev–Trinajstić information content (AvgIpc) is 2.25. The van der Waals surface area contributed by atoms with Crippen LogP contribution in [0.4, 0.5) is 11.4 Å². The molecule has 110 valence electrons. The van der Waals surface area contributed by atoms with Gasteiger partial charge in [-0.05, 0) is 24.8 Å². The number of hydrogen-bond acceptors (Lipinski definition) is 5. The van der Waals surface area contributed by atoms with E-state index in [9.17, 15) is 20.2 Å². The molecule has 7 heteroatoms. The van der Waals surface area contributed by atoms with Crippen LogP contribution in [0.2, 0.25) is 0 Å². The molecule has 0 unspecified atom stereocenters. The minimum Gasteiger partial charge on any atom is -0.479 e. The van der Waals surface area contributed by atoms with Crippen LogP contribution >= 0.6 is 0 Å². The summed E-state index contributed by atoms with van der Waals surface area (Å²) >= 11 is 0. The Morgan fingerprint density at radius 1 is 1.05 bits per heavy atom. The summed E-state index contributed by atoms with van der Waals surface area (Å²) < 4.78 is 5.28. The summed E-state index contributed by atoms with van der Waals surface area (Å²) in [6.45, 7) is 8.81. The zero-order valence-corrected chi connectivity index (χ0v) is 12.2. The fourth-order valence-electron chi connectivity index (χ4n) is 1.66. The molecule has 0 aliphatic rings.